The molecule has 0 N–H and O–H groups in total. The maximum Gasteiger partial charge on any atom is 0.0492 e. The van der Waals surface area contributed by atoms with Crippen LogP contribution in [0.4, 0.5) is 0 Å². The highest BCUT2D eigenvalue weighted by Crippen LogP contribution is 2.22. The Morgan fingerprint density at radius 1 is 1.50 bits per heavy atom. The van der Waals surface area contributed by atoms with Crippen LogP contribution in [-0.4, -0.2) is 15.2 Å². The molecule has 1 aromatic heterocycles. The minimum absolute atomic E-state index is 0.231. The van der Waals surface area contributed by atoms with Gasteiger partial charge < -0.3 is 0 Å². The van der Waals surface area contributed by atoms with E-state index in [0.29, 0.717) is 5.92 Å². The van der Waals surface area contributed by atoms with Gasteiger partial charge in [-0.3, -0.25) is 4.68 Å². The minimum atomic E-state index is 0.231. The SMILES string of the molecule is CCCn1nccc1C(C)CC(C)Cl. The quantitative estimate of drug-likeness (QED) is 0.687. The van der Waals surface area contributed by atoms with Crippen molar-refractivity contribution in [2.24, 2.45) is 0 Å². The molecule has 1 heterocycles. The molecule has 80 valence electrons. The van der Waals surface area contributed by atoms with Gasteiger partial charge in [0.15, 0.2) is 0 Å². The average molecular weight is 215 g/mol. The van der Waals surface area contributed by atoms with Gasteiger partial charge in [0.2, 0.25) is 0 Å². The van der Waals surface area contributed by atoms with Gasteiger partial charge in [0, 0.05) is 23.8 Å². The normalized spacial score (nSPS) is 15.4. The Morgan fingerprint density at radius 2 is 2.21 bits per heavy atom. The van der Waals surface area contributed by atoms with E-state index in [0.717, 1.165) is 19.4 Å². The van der Waals surface area contributed by atoms with Crippen molar-refractivity contribution in [2.45, 2.75) is 51.5 Å². The van der Waals surface area contributed by atoms with Gasteiger partial charge in [0.1, 0.15) is 0 Å². The maximum atomic E-state index is 5.99. The van der Waals surface area contributed by atoms with Crippen molar-refractivity contribution in [2.75, 3.05) is 0 Å². The second-order valence-electron chi connectivity index (χ2n) is 3.90. The van der Waals surface area contributed by atoms with E-state index in [1.54, 1.807) is 0 Å². The third-order valence-electron chi connectivity index (χ3n) is 2.37. The van der Waals surface area contributed by atoms with Gasteiger partial charge in [0.25, 0.3) is 0 Å². The molecule has 0 amide bonds. The van der Waals surface area contributed by atoms with Crippen LogP contribution in [0.1, 0.15) is 45.2 Å². The van der Waals surface area contributed by atoms with Crippen LogP contribution in [0.5, 0.6) is 0 Å². The number of hydrogen-bond donors (Lipinski definition) is 0. The Balaban J connectivity index is 2.68. The topological polar surface area (TPSA) is 17.8 Å². The largest absolute Gasteiger partial charge is 0.269 e. The average Bonchev–Trinajstić information content (AvgIpc) is 2.51. The Labute approximate surface area is 91.3 Å². The summed E-state index contributed by atoms with van der Waals surface area (Å²) in [6.45, 7) is 7.42. The molecule has 0 aromatic carbocycles. The fourth-order valence-corrected chi connectivity index (χ4v) is 2.04. The molecule has 0 saturated carbocycles. The second-order valence-corrected chi connectivity index (χ2v) is 4.64. The number of hydrogen-bond acceptors (Lipinski definition) is 1. The standard InChI is InChI=1S/C11H19ClN2/c1-4-7-14-11(5-6-13-14)9(2)8-10(3)12/h5-6,9-10H,4,7-8H2,1-3H3. The van der Waals surface area contributed by atoms with E-state index in [4.69, 9.17) is 11.6 Å². The first-order chi connectivity index (χ1) is 6.65. The lowest BCUT2D eigenvalue weighted by molar-refractivity contribution is 0.531. The monoisotopic (exact) mass is 214 g/mol. The number of nitrogens with zero attached hydrogens (tertiary/aromatic N) is 2. The zero-order chi connectivity index (χ0) is 10.6. The fraction of sp³-hybridized carbons (Fsp3) is 0.727. The number of alkyl halides is 1. The minimum Gasteiger partial charge on any atom is -0.269 e. The van der Waals surface area contributed by atoms with Crippen molar-refractivity contribution in [1.82, 2.24) is 9.78 Å². The molecule has 0 aliphatic carbocycles. The first-order valence-corrected chi connectivity index (χ1v) is 5.74. The molecule has 0 fully saturated rings. The van der Waals surface area contributed by atoms with Crippen molar-refractivity contribution in [3.63, 3.8) is 0 Å². The molecule has 3 heteroatoms. The van der Waals surface area contributed by atoms with E-state index >= 15 is 0 Å². The molecule has 2 nitrogen and oxygen atoms in total. The summed E-state index contributed by atoms with van der Waals surface area (Å²) in [6, 6.07) is 2.10. The lowest BCUT2D eigenvalue weighted by atomic mass is 10.0. The summed E-state index contributed by atoms with van der Waals surface area (Å²) >= 11 is 5.99. The Bertz CT molecular complexity index is 268. The van der Waals surface area contributed by atoms with E-state index < -0.39 is 0 Å². The molecule has 0 spiro atoms. The summed E-state index contributed by atoms with van der Waals surface area (Å²) in [5, 5.41) is 4.54. The third-order valence-corrected chi connectivity index (χ3v) is 2.55. The van der Waals surface area contributed by atoms with E-state index in [1.807, 2.05) is 13.1 Å². The van der Waals surface area contributed by atoms with Crippen LogP contribution in [0, 0.1) is 0 Å². The Kier molecular flexibility index (Phi) is 4.46. The number of aromatic nitrogens is 2. The summed E-state index contributed by atoms with van der Waals surface area (Å²) in [5.41, 5.74) is 1.30. The van der Waals surface area contributed by atoms with Crippen LogP contribution in [-0.2, 0) is 6.54 Å². The molecular formula is C11H19ClN2. The summed E-state index contributed by atoms with van der Waals surface area (Å²) in [6.07, 6.45) is 4.01. The van der Waals surface area contributed by atoms with Crippen LogP contribution in [0.3, 0.4) is 0 Å². The van der Waals surface area contributed by atoms with Gasteiger partial charge in [-0.15, -0.1) is 11.6 Å². The van der Waals surface area contributed by atoms with Crippen LogP contribution >= 0.6 is 11.6 Å². The van der Waals surface area contributed by atoms with E-state index in [9.17, 15) is 0 Å². The van der Waals surface area contributed by atoms with Crippen molar-refractivity contribution in [1.29, 1.82) is 0 Å². The molecule has 0 saturated heterocycles. The van der Waals surface area contributed by atoms with Crippen molar-refractivity contribution in [3.8, 4) is 0 Å². The van der Waals surface area contributed by atoms with Gasteiger partial charge in [0.05, 0.1) is 0 Å². The van der Waals surface area contributed by atoms with Gasteiger partial charge >= 0.3 is 0 Å². The highest BCUT2D eigenvalue weighted by atomic mass is 35.5. The lowest BCUT2D eigenvalue weighted by Crippen LogP contribution is -2.09. The molecule has 0 bridgehead atoms. The number of rotatable bonds is 5. The molecule has 14 heavy (non-hydrogen) atoms. The first-order valence-electron chi connectivity index (χ1n) is 5.31. The van der Waals surface area contributed by atoms with Crippen LogP contribution in [0.2, 0.25) is 0 Å². The zero-order valence-corrected chi connectivity index (χ0v) is 9.96. The highest BCUT2D eigenvalue weighted by molar-refractivity contribution is 6.20. The predicted molar refractivity (Wildman–Crippen MR) is 60.9 cm³/mol. The maximum absolute atomic E-state index is 5.99. The molecule has 1 aromatic rings. The van der Waals surface area contributed by atoms with Gasteiger partial charge in [-0.2, -0.15) is 5.10 Å². The number of aryl methyl sites for hydroxylation is 1. The molecule has 2 unspecified atom stereocenters. The van der Waals surface area contributed by atoms with E-state index in [-0.39, 0.29) is 5.38 Å². The van der Waals surface area contributed by atoms with Gasteiger partial charge in [-0.25, -0.2) is 0 Å². The van der Waals surface area contributed by atoms with Crippen LogP contribution in [0.15, 0.2) is 12.3 Å². The first kappa shape index (κ1) is 11.6. The van der Waals surface area contributed by atoms with E-state index in [2.05, 4.69) is 29.7 Å². The Hall–Kier alpha value is -0.500. The van der Waals surface area contributed by atoms with Gasteiger partial charge in [-0.05, 0) is 31.7 Å². The summed E-state index contributed by atoms with van der Waals surface area (Å²) in [7, 11) is 0. The summed E-state index contributed by atoms with van der Waals surface area (Å²) in [4.78, 5) is 0. The third kappa shape index (κ3) is 3.02. The number of halogens is 1. The molecule has 2 atom stereocenters. The molecule has 0 radical (unpaired) electrons. The lowest BCUT2D eigenvalue weighted by Gasteiger charge is -2.14. The van der Waals surface area contributed by atoms with Crippen molar-refractivity contribution < 1.29 is 0 Å². The predicted octanol–water partition coefficient (Wildman–Crippen LogP) is 3.41. The molecular weight excluding hydrogens is 196 g/mol. The van der Waals surface area contributed by atoms with Crippen LogP contribution < -0.4 is 0 Å². The molecule has 0 aliphatic rings. The molecule has 1 rings (SSSR count). The fourth-order valence-electron chi connectivity index (χ4n) is 1.77. The molecule has 0 aliphatic heterocycles. The Morgan fingerprint density at radius 3 is 2.79 bits per heavy atom. The van der Waals surface area contributed by atoms with Gasteiger partial charge in [-0.1, -0.05) is 13.8 Å². The zero-order valence-electron chi connectivity index (χ0n) is 9.20. The van der Waals surface area contributed by atoms with Crippen molar-refractivity contribution in [3.05, 3.63) is 18.0 Å². The van der Waals surface area contributed by atoms with E-state index in [1.165, 1.54) is 5.69 Å². The second kappa shape index (κ2) is 5.40. The van der Waals surface area contributed by atoms with Crippen LogP contribution in [0.25, 0.3) is 0 Å². The summed E-state index contributed by atoms with van der Waals surface area (Å²) < 4.78 is 2.09. The summed E-state index contributed by atoms with van der Waals surface area (Å²) in [5.74, 6) is 0.497. The van der Waals surface area contributed by atoms with Crippen molar-refractivity contribution >= 4 is 11.6 Å². The highest BCUT2D eigenvalue weighted by Gasteiger charge is 2.12. The smallest absolute Gasteiger partial charge is 0.0492 e.